The van der Waals surface area contributed by atoms with E-state index in [0.29, 0.717) is 5.75 Å². The second kappa shape index (κ2) is 7.66. The molecule has 0 fully saturated rings. The topological polar surface area (TPSA) is 47.8 Å². The average molecular weight is 351 g/mol. The zero-order valence-electron chi connectivity index (χ0n) is 14.7. The number of aromatic nitrogens is 3. The molecule has 1 aromatic heterocycles. The number of hydrogen-bond acceptors (Lipinski definition) is 4. The van der Waals surface area contributed by atoms with Gasteiger partial charge in [-0.25, -0.2) is 0 Å². The number of aryl methyl sites for hydroxylation is 2. The Morgan fingerprint density at radius 3 is 2.52 bits per heavy atom. The summed E-state index contributed by atoms with van der Waals surface area (Å²) in [6.07, 6.45) is 0. The van der Waals surface area contributed by atoms with Crippen LogP contribution in [0.25, 0.3) is 11.4 Å². The first-order valence-electron chi connectivity index (χ1n) is 8.32. The maximum atomic E-state index is 12.5. The van der Waals surface area contributed by atoms with E-state index in [9.17, 15) is 4.79 Å². The summed E-state index contributed by atoms with van der Waals surface area (Å²) < 4.78 is 2.05. The van der Waals surface area contributed by atoms with E-state index in [1.54, 1.807) is 0 Å². The molecule has 0 unspecified atom stereocenters. The van der Waals surface area contributed by atoms with Crippen LogP contribution in [0.15, 0.2) is 53.7 Å². The Kier molecular flexibility index (Phi) is 5.34. The van der Waals surface area contributed by atoms with Crippen molar-refractivity contribution >= 4 is 17.5 Å². The van der Waals surface area contributed by atoms with E-state index in [4.69, 9.17) is 0 Å². The number of hydrogen-bond donors (Lipinski definition) is 0. The molecular formula is C20H21N3OS. The van der Waals surface area contributed by atoms with Crippen LogP contribution in [0.5, 0.6) is 0 Å². The van der Waals surface area contributed by atoms with Gasteiger partial charge in [-0.2, -0.15) is 0 Å². The first kappa shape index (κ1) is 17.4. The molecule has 0 aliphatic heterocycles. The number of benzene rings is 2. The summed E-state index contributed by atoms with van der Waals surface area (Å²) in [6.45, 7) is 6.83. The van der Waals surface area contributed by atoms with Crippen LogP contribution in [0, 0.1) is 13.8 Å². The van der Waals surface area contributed by atoms with E-state index in [0.717, 1.165) is 34.2 Å². The van der Waals surface area contributed by atoms with Crippen molar-refractivity contribution in [1.82, 2.24) is 14.8 Å². The molecule has 0 atom stereocenters. The number of Topliss-reactive ketones (excluding diaryl/α,β-unsaturated/α-hetero) is 1. The number of rotatable bonds is 6. The fourth-order valence-corrected chi connectivity index (χ4v) is 3.70. The lowest BCUT2D eigenvalue weighted by molar-refractivity contribution is 0.102. The van der Waals surface area contributed by atoms with Gasteiger partial charge < -0.3 is 4.57 Å². The van der Waals surface area contributed by atoms with Crippen LogP contribution in [0.4, 0.5) is 0 Å². The van der Waals surface area contributed by atoms with E-state index in [1.165, 1.54) is 17.3 Å². The Balaban J connectivity index is 1.77. The number of nitrogens with zero attached hydrogens (tertiary/aromatic N) is 3. The predicted molar refractivity (Wildman–Crippen MR) is 102 cm³/mol. The third-order valence-corrected chi connectivity index (χ3v) is 5.05. The molecule has 3 aromatic rings. The van der Waals surface area contributed by atoms with Crippen molar-refractivity contribution in [1.29, 1.82) is 0 Å². The molecule has 0 aliphatic rings. The molecule has 0 saturated carbocycles. The van der Waals surface area contributed by atoms with Crippen molar-refractivity contribution in [2.24, 2.45) is 0 Å². The zero-order chi connectivity index (χ0) is 17.8. The molecule has 0 spiro atoms. The van der Waals surface area contributed by atoms with E-state index in [-0.39, 0.29) is 5.78 Å². The molecule has 2 aromatic carbocycles. The van der Waals surface area contributed by atoms with E-state index in [2.05, 4.69) is 21.7 Å². The fraction of sp³-hybridized carbons (Fsp3) is 0.250. The fourth-order valence-electron chi connectivity index (χ4n) is 2.82. The zero-order valence-corrected chi connectivity index (χ0v) is 15.5. The predicted octanol–water partition coefficient (Wildman–Crippen LogP) is 4.56. The van der Waals surface area contributed by atoms with E-state index >= 15 is 0 Å². The van der Waals surface area contributed by atoms with Gasteiger partial charge in [-0.3, -0.25) is 4.79 Å². The lowest BCUT2D eigenvalue weighted by Crippen LogP contribution is -2.07. The van der Waals surface area contributed by atoms with Gasteiger partial charge in [0.25, 0.3) is 0 Å². The molecule has 0 aliphatic carbocycles. The Morgan fingerprint density at radius 2 is 1.84 bits per heavy atom. The number of carbonyl (C=O) groups excluding carboxylic acids is 1. The van der Waals surface area contributed by atoms with Crippen molar-refractivity contribution in [3.8, 4) is 11.4 Å². The van der Waals surface area contributed by atoms with Crippen molar-refractivity contribution < 1.29 is 4.79 Å². The largest absolute Gasteiger partial charge is 0.302 e. The van der Waals surface area contributed by atoms with E-state index < -0.39 is 0 Å². The molecule has 0 N–H and O–H groups in total. The highest BCUT2D eigenvalue weighted by molar-refractivity contribution is 7.99. The molecule has 0 radical (unpaired) electrons. The second-order valence-electron chi connectivity index (χ2n) is 5.95. The van der Waals surface area contributed by atoms with Crippen LogP contribution >= 0.6 is 11.8 Å². The molecule has 0 saturated heterocycles. The Labute approximate surface area is 152 Å². The lowest BCUT2D eigenvalue weighted by Gasteiger charge is -2.08. The van der Waals surface area contributed by atoms with Gasteiger partial charge >= 0.3 is 0 Å². The van der Waals surface area contributed by atoms with Gasteiger partial charge in [-0.15, -0.1) is 10.2 Å². The number of ketones is 1. The monoisotopic (exact) mass is 351 g/mol. The second-order valence-corrected chi connectivity index (χ2v) is 6.89. The summed E-state index contributed by atoms with van der Waals surface area (Å²) in [5, 5.41) is 9.38. The van der Waals surface area contributed by atoms with Gasteiger partial charge in [0.15, 0.2) is 16.8 Å². The molecule has 128 valence electrons. The van der Waals surface area contributed by atoms with Gasteiger partial charge in [0, 0.05) is 17.7 Å². The summed E-state index contributed by atoms with van der Waals surface area (Å²) in [5.74, 6) is 1.32. The van der Waals surface area contributed by atoms with Gasteiger partial charge in [-0.05, 0) is 26.3 Å². The maximum absolute atomic E-state index is 12.5. The molecule has 0 amide bonds. The summed E-state index contributed by atoms with van der Waals surface area (Å²) in [7, 11) is 0. The minimum atomic E-state index is 0.120. The standard InChI is InChI=1S/C20H21N3OS/c1-4-23-19(16-8-6-5-7-9-16)21-22-20(23)25-13-18(24)17-11-10-14(2)12-15(17)3/h5-12H,4,13H2,1-3H3. The molecule has 0 bridgehead atoms. The minimum absolute atomic E-state index is 0.120. The molecule has 4 nitrogen and oxygen atoms in total. The van der Waals surface area contributed by atoms with Crippen LogP contribution < -0.4 is 0 Å². The first-order valence-corrected chi connectivity index (χ1v) is 9.30. The van der Waals surface area contributed by atoms with Crippen LogP contribution in [0.2, 0.25) is 0 Å². The first-order chi connectivity index (χ1) is 12.1. The summed E-state index contributed by atoms with van der Waals surface area (Å²) >= 11 is 1.44. The quantitative estimate of drug-likeness (QED) is 0.482. The van der Waals surface area contributed by atoms with Gasteiger partial charge in [0.05, 0.1) is 5.75 Å². The van der Waals surface area contributed by atoms with Crippen molar-refractivity contribution in [3.05, 3.63) is 65.2 Å². The van der Waals surface area contributed by atoms with Crippen molar-refractivity contribution in [2.75, 3.05) is 5.75 Å². The number of thioether (sulfide) groups is 1. The third-order valence-electron chi connectivity index (χ3n) is 4.08. The molecule has 3 rings (SSSR count). The van der Waals surface area contributed by atoms with Crippen LogP contribution in [-0.2, 0) is 6.54 Å². The van der Waals surface area contributed by atoms with Gasteiger partial charge in [0.1, 0.15) is 0 Å². The SMILES string of the molecule is CCn1c(SCC(=O)c2ccc(C)cc2C)nnc1-c1ccccc1. The van der Waals surface area contributed by atoms with Crippen LogP contribution in [-0.4, -0.2) is 26.3 Å². The Bertz CT molecular complexity index is 887. The van der Waals surface area contributed by atoms with Crippen LogP contribution in [0.1, 0.15) is 28.4 Å². The smallest absolute Gasteiger partial charge is 0.191 e. The van der Waals surface area contributed by atoms with Crippen molar-refractivity contribution in [3.63, 3.8) is 0 Å². The van der Waals surface area contributed by atoms with Crippen LogP contribution in [0.3, 0.4) is 0 Å². The maximum Gasteiger partial charge on any atom is 0.191 e. The minimum Gasteiger partial charge on any atom is -0.302 e. The third kappa shape index (κ3) is 3.82. The Morgan fingerprint density at radius 1 is 1.08 bits per heavy atom. The van der Waals surface area contributed by atoms with E-state index in [1.807, 2.05) is 62.4 Å². The summed E-state index contributed by atoms with van der Waals surface area (Å²) in [4.78, 5) is 12.5. The molecule has 1 heterocycles. The molecule has 5 heteroatoms. The highest BCUT2D eigenvalue weighted by Gasteiger charge is 2.16. The summed E-state index contributed by atoms with van der Waals surface area (Å²) in [6, 6.07) is 15.9. The Hall–Kier alpha value is -2.40. The normalized spacial score (nSPS) is 10.8. The number of carbonyl (C=O) groups is 1. The highest BCUT2D eigenvalue weighted by atomic mass is 32.2. The average Bonchev–Trinajstić information content (AvgIpc) is 3.03. The van der Waals surface area contributed by atoms with Crippen molar-refractivity contribution in [2.45, 2.75) is 32.5 Å². The van der Waals surface area contributed by atoms with Gasteiger partial charge in [0.2, 0.25) is 0 Å². The van der Waals surface area contributed by atoms with Gasteiger partial charge in [-0.1, -0.05) is 65.9 Å². The molecule has 25 heavy (non-hydrogen) atoms. The highest BCUT2D eigenvalue weighted by Crippen LogP contribution is 2.25. The molecular weight excluding hydrogens is 330 g/mol. The summed E-state index contributed by atoms with van der Waals surface area (Å²) in [5.41, 5.74) is 4.00. The lowest BCUT2D eigenvalue weighted by atomic mass is 10.0.